The summed E-state index contributed by atoms with van der Waals surface area (Å²) in [5, 5.41) is 3.29. The van der Waals surface area contributed by atoms with Crippen molar-refractivity contribution in [3.63, 3.8) is 0 Å². The number of nitrogens with zero attached hydrogens (tertiary/aromatic N) is 3. The first kappa shape index (κ1) is 19.1. The number of rotatable bonds is 4. The molecule has 1 aromatic carbocycles. The van der Waals surface area contributed by atoms with Gasteiger partial charge in [0.2, 0.25) is 5.91 Å². The number of pyridine rings is 1. The number of piperazine rings is 1. The molecular formula is C19H21ClN4O3. The minimum atomic E-state index is -0.212. The highest BCUT2D eigenvalue weighted by molar-refractivity contribution is 6.33. The fourth-order valence-electron chi connectivity index (χ4n) is 2.93. The molecule has 0 saturated carbocycles. The van der Waals surface area contributed by atoms with Gasteiger partial charge in [-0.2, -0.15) is 0 Å². The Labute approximate surface area is 162 Å². The van der Waals surface area contributed by atoms with Gasteiger partial charge in [0.15, 0.2) is 0 Å². The number of nitrogens with one attached hydrogen (secondary N) is 1. The van der Waals surface area contributed by atoms with E-state index >= 15 is 0 Å². The zero-order chi connectivity index (χ0) is 19.4. The highest BCUT2D eigenvalue weighted by atomic mass is 35.5. The van der Waals surface area contributed by atoms with E-state index in [2.05, 4.69) is 5.32 Å². The number of para-hydroxylation sites is 1. The number of carbonyl (C=O) groups is 2. The summed E-state index contributed by atoms with van der Waals surface area (Å²) in [6.07, 6.45) is 1.59. The van der Waals surface area contributed by atoms with Crippen LogP contribution in [0.4, 0.5) is 5.69 Å². The molecule has 7 nitrogen and oxygen atoms in total. The SMILES string of the molecule is Cn1ccc(C(=O)N2CCN(CC(=O)Nc3ccccc3Cl)CC2)cc1=O. The smallest absolute Gasteiger partial charge is 0.254 e. The van der Waals surface area contributed by atoms with Crippen molar-refractivity contribution in [1.82, 2.24) is 14.4 Å². The van der Waals surface area contributed by atoms with Crippen molar-refractivity contribution >= 4 is 29.1 Å². The van der Waals surface area contributed by atoms with Gasteiger partial charge in [-0.25, -0.2) is 0 Å². The van der Waals surface area contributed by atoms with Crippen molar-refractivity contribution in [2.24, 2.45) is 7.05 Å². The predicted octanol–water partition coefficient (Wildman–Crippen LogP) is 1.44. The molecule has 0 atom stereocenters. The number of aromatic nitrogens is 1. The van der Waals surface area contributed by atoms with Crippen LogP contribution in [0.15, 0.2) is 47.4 Å². The number of benzene rings is 1. The van der Waals surface area contributed by atoms with E-state index in [1.54, 1.807) is 42.4 Å². The van der Waals surface area contributed by atoms with E-state index in [9.17, 15) is 14.4 Å². The van der Waals surface area contributed by atoms with E-state index in [1.807, 2.05) is 11.0 Å². The molecule has 0 radical (unpaired) electrons. The van der Waals surface area contributed by atoms with Crippen molar-refractivity contribution in [3.05, 3.63) is 63.5 Å². The molecule has 142 valence electrons. The minimum absolute atomic E-state index is 0.144. The molecule has 0 spiro atoms. The van der Waals surface area contributed by atoms with E-state index in [0.717, 1.165) is 0 Å². The molecule has 0 bridgehead atoms. The summed E-state index contributed by atoms with van der Waals surface area (Å²) in [6.45, 7) is 2.43. The second-order valence-electron chi connectivity index (χ2n) is 6.46. The summed E-state index contributed by atoms with van der Waals surface area (Å²) in [6, 6.07) is 10.1. The van der Waals surface area contributed by atoms with Crippen LogP contribution in [0, 0.1) is 0 Å². The van der Waals surface area contributed by atoms with E-state index in [4.69, 9.17) is 11.6 Å². The van der Waals surface area contributed by atoms with Crippen molar-refractivity contribution in [1.29, 1.82) is 0 Å². The van der Waals surface area contributed by atoms with Gasteiger partial charge in [-0.3, -0.25) is 19.3 Å². The van der Waals surface area contributed by atoms with Crippen LogP contribution in [-0.2, 0) is 11.8 Å². The molecule has 1 aromatic heterocycles. The van der Waals surface area contributed by atoms with Crippen LogP contribution in [0.3, 0.4) is 0 Å². The molecule has 0 aliphatic carbocycles. The normalized spacial score (nSPS) is 14.8. The van der Waals surface area contributed by atoms with Gasteiger partial charge in [0.25, 0.3) is 11.5 Å². The molecule has 1 N–H and O–H groups in total. The Bertz CT molecular complexity index is 904. The summed E-state index contributed by atoms with van der Waals surface area (Å²) < 4.78 is 1.42. The summed E-state index contributed by atoms with van der Waals surface area (Å²) in [5.41, 5.74) is 0.766. The molecule has 2 amide bonds. The molecule has 27 heavy (non-hydrogen) atoms. The van der Waals surface area contributed by atoms with Crippen LogP contribution >= 0.6 is 11.6 Å². The molecule has 3 rings (SSSR count). The van der Waals surface area contributed by atoms with Crippen LogP contribution in [0.1, 0.15) is 10.4 Å². The van der Waals surface area contributed by atoms with E-state index in [1.165, 1.54) is 10.6 Å². The summed E-state index contributed by atoms with van der Waals surface area (Å²) in [5.74, 6) is -0.303. The molecule has 8 heteroatoms. The lowest BCUT2D eigenvalue weighted by Gasteiger charge is -2.34. The quantitative estimate of drug-likeness (QED) is 0.860. The lowest BCUT2D eigenvalue weighted by atomic mass is 10.2. The minimum Gasteiger partial charge on any atom is -0.336 e. The first-order valence-electron chi connectivity index (χ1n) is 8.67. The standard InChI is InChI=1S/C19H21ClN4O3/c1-22-7-6-14(12-18(22)26)19(27)24-10-8-23(9-11-24)13-17(25)21-16-5-3-2-4-15(16)20/h2-7,12H,8-11,13H2,1H3,(H,21,25). The fourth-order valence-corrected chi connectivity index (χ4v) is 3.11. The van der Waals surface area contributed by atoms with E-state index < -0.39 is 0 Å². The third-order valence-electron chi connectivity index (χ3n) is 4.53. The topological polar surface area (TPSA) is 74.7 Å². The second kappa shape index (κ2) is 8.37. The van der Waals surface area contributed by atoms with Crippen LogP contribution < -0.4 is 10.9 Å². The van der Waals surface area contributed by atoms with E-state index in [-0.39, 0.29) is 23.9 Å². The second-order valence-corrected chi connectivity index (χ2v) is 6.87. The van der Waals surface area contributed by atoms with Crippen molar-refractivity contribution in [2.75, 3.05) is 38.0 Å². The number of hydrogen-bond donors (Lipinski definition) is 1. The molecule has 0 unspecified atom stereocenters. The Morgan fingerprint density at radius 3 is 2.48 bits per heavy atom. The molecule has 2 heterocycles. The van der Waals surface area contributed by atoms with Gasteiger partial charge >= 0.3 is 0 Å². The molecule has 1 fully saturated rings. The lowest BCUT2D eigenvalue weighted by Crippen LogP contribution is -2.50. The maximum Gasteiger partial charge on any atom is 0.254 e. The van der Waals surface area contributed by atoms with Crippen LogP contribution in [0.2, 0.25) is 5.02 Å². The van der Waals surface area contributed by atoms with Gasteiger partial charge in [-0.05, 0) is 18.2 Å². The number of amides is 2. The van der Waals surface area contributed by atoms with Crippen molar-refractivity contribution in [2.45, 2.75) is 0 Å². The largest absolute Gasteiger partial charge is 0.336 e. The third-order valence-corrected chi connectivity index (χ3v) is 4.86. The molecular weight excluding hydrogens is 368 g/mol. The molecule has 2 aromatic rings. The first-order valence-corrected chi connectivity index (χ1v) is 9.04. The van der Waals surface area contributed by atoms with Gasteiger partial charge < -0.3 is 14.8 Å². The molecule has 1 aliphatic rings. The average Bonchev–Trinajstić information content (AvgIpc) is 2.66. The van der Waals surface area contributed by atoms with E-state index in [0.29, 0.717) is 42.5 Å². The van der Waals surface area contributed by atoms with Crippen LogP contribution in [-0.4, -0.2) is 58.9 Å². The number of anilines is 1. The Morgan fingerprint density at radius 2 is 1.81 bits per heavy atom. The monoisotopic (exact) mass is 388 g/mol. The van der Waals surface area contributed by atoms with Gasteiger partial charge in [0.05, 0.1) is 17.3 Å². The lowest BCUT2D eigenvalue weighted by molar-refractivity contribution is -0.117. The maximum atomic E-state index is 12.5. The number of hydrogen-bond acceptors (Lipinski definition) is 4. The van der Waals surface area contributed by atoms with Crippen LogP contribution in [0.25, 0.3) is 0 Å². The van der Waals surface area contributed by atoms with Crippen molar-refractivity contribution < 1.29 is 9.59 Å². The third kappa shape index (κ3) is 4.75. The average molecular weight is 389 g/mol. The number of carbonyl (C=O) groups excluding carboxylic acids is 2. The number of aryl methyl sites for hydroxylation is 1. The zero-order valence-electron chi connectivity index (χ0n) is 15.0. The fraction of sp³-hybridized carbons (Fsp3) is 0.316. The Kier molecular flexibility index (Phi) is 5.93. The van der Waals surface area contributed by atoms with Crippen LogP contribution in [0.5, 0.6) is 0 Å². The Hall–Kier alpha value is -2.64. The molecule has 1 aliphatic heterocycles. The summed E-state index contributed by atoms with van der Waals surface area (Å²) in [7, 11) is 1.64. The highest BCUT2D eigenvalue weighted by Crippen LogP contribution is 2.20. The van der Waals surface area contributed by atoms with Gasteiger partial charge in [-0.1, -0.05) is 23.7 Å². The highest BCUT2D eigenvalue weighted by Gasteiger charge is 2.23. The number of halogens is 1. The summed E-state index contributed by atoms with van der Waals surface area (Å²) in [4.78, 5) is 40.1. The Balaban J connectivity index is 1.52. The Morgan fingerprint density at radius 1 is 1.11 bits per heavy atom. The summed E-state index contributed by atoms with van der Waals surface area (Å²) >= 11 is 6.05. The van der Waals surface area contributed by atoms with Gasteiger partial charge in [-0.15, -0.1) is 0 Å². The van der Waals surface area contributed by atoms with Crippen molar-refractivity contribution in [3.8, 4) is 0 Å². The first-order chi connectivity index (χ1) is 12.9. The maximum absolute atomic E-state index is 12.5. The zero-order valence-corrected chi connectivity index (χ0v) is 15.8. The van der Waals surface area contributed by atoms with Gasteiger partial charge in [0, 0.05) is 51.1 Å². The predicted molar refractivity (Wildman–Crippen MR) is 104 cm³/mol. The molecule has 1 saturated heterocycles. The van der Waals surface area contributed by atoms with Gasteiger partial charge in [0.1, 0.15) is 0 Å².